The topological polar surface area (TPSA) is 67.3 Å². The first-order valence-electron chi connectivity index (χ1n) is 8.80. The van der Waals surface area contributed by atoms with E-state index in [-0.39, 0.29) is 5.91 Å². The third-order valence-corrected chi connectivity index (χ3v) is 4.14. The number of likely N-dealkylation sites (tertiary alicyclic amines) is 1. The van der Waals surface area contributed by atoms with Crippen molar-refractivity contribution in [3.63, 3.8) is 0 Å². The molecule has 3 rings (SSSR count). The van der Waals surface area contributed by atoms with E-state index in [4.69, 9.17) is 4.74 Å². The van der Waals surface area contributed by atoms with E-state index in [0.717, 1.165) is 37.4 Å². The van der Waals surface area contributed by atoms with Crippen LogP contribution in [0.4, 0.5) is 11.5 Å². The molecule has 132 valence electrons. The Balaban J connectivity index is 1.75. The zero-order valence-corrected chi connectivity index (χ0v) is 14.8. The zero-order chi connectivity index (χ0) is 17.6. The van der Waals surface area contributed by atoms with Crippen LogP contribution in [0.5, 0.6) is 5.75 Å². The fraction of sp³-hybridized carbons (Fsp3) is 0.421. The van der Waals surface area contributed by atoms with E-state index >= 15 is 0 Å². The lowest BCUT2D eigenvalue weighted by atomic mass is 10.1. The molecule has 1 fully saturated rings. The van der Waals surface area contributed by atoms with Gasteiger partial charge >= 0.3 is 0 Å². The molecule has 6 nitrogen and oxygen atoms in total. The number of carbonyl (C=O) groups excluding carboxylic acids is 1. The predicted octanol–water partition coefficient (Wildman–Crippen LogP) is 3.55. The molecule has 0 radical (unpaired) electrons. The highest BCUT2D eigenvalue weighted by Gasteiger charge is 2.20. The number of ether oxygens (including phenoxy) is 1. The van der Waals surface area contributed by atoms with Gasteiger partial charge in [0.2, 0.25) is 0 Å². The minimum atomic E-state index is -0.0139. The number of rotatable bonds is 5. The number of amides is 1. The van der Waals surface area contributed by atoms with Gasteiger partial charge in [-0.3, -0.25) is 4.79 Å². The van der Waals surface area contributed by atoms with Crippen LogP contribution in [0.15, 0.2) is 30.3 Å². The molecule has 1 aromatic heterocycles. The van der Waals surface area contributed by atoms with Crippen molar-refractivity contribution in [2.45, 2.75) is 33.1 Å². The largest absolute Gasteiger partial charge is 0.494 e. The summed E-state index contributed by atoms with van der Waals surface area (Å²) in [6.45, 7) is 6.01. The molecule has 6 heteroatoms. The summed E-state index contributed by atoms with van der Waals surface area (Å²) in [6.07, 6.45) is 3.32. The number of carbonyl (C=O) groups is 1. The predicted molar refractivity (Wildman–Crippen MR) is 97.4 cm³/mol. The first kappa shape index (κ1) is 17.2. The monoisotopic (exact) mass is 340 g/mol. The van der Waals surface area contributed by atoms with Gasteiger partial charge in [0.15, 0.2) is 0 Å². The second kappa shape index (κ2) is 7.96. The lowest BCUT2D eigenvalue weighted by Crippen LogP contribution is -2.36. The summed E-state index contributed by atoms with van der Waals surface area (Å²) in [5.41, 5.74) is 1.33. The van der Waals surface area contributed by atoms with Crippen LogP contribution in [-0.2, 0) is 0 Å². The second-order valence-electron chi connectivity index (χ2n) is 6.12. The summed E-state index contributed by atoms with van der Waals surface area (Å²) in [4.78, 5) is 23.3. The third-order valence-electron chi connectivity index (χ3n) is 4.14. The molecular weight excluding hydrogens is 316 g/mol. The van der Waals surface area contributed by atoms with E-state index in [0.29, 0.717) is 23.9 Å². The molecule has 0 spiro atoms. The molecule has 1 aliphatic rings. The number of nitrogens with one attached hydrogen (secondary N) is 1. The second-order valence-corrected chi connectivity index (χ2v) is 6.12. The van der Waals surface area contributed by atoms with Crippen molar-refractivity contribution < 1.29 is 9.53 Å². The average Bonchev–Trinajstić information content (AvgIpc) is 2.63. The maximum atomic E-state index is 12.7. The Morgan fingerprint density at radius 1 is 1.16 bits per heavy atom. The van der Waals surface area contributed by atoms with Gasteiger partial charge in [0, 0.05) is 24.8 Å². The normalized spacial score (nSPS) is 14.2. The van der Waals surface area contributed by atoms with Crippen LogP contribution >= 0.6 is 0 Å². The van der Waals surface area contributed by atoms with E-state index in [1.165, 1.54) is 6.42 Å². The molecule has 0 atom stereocenters. The quantitative estimate of drug-likeness (QED) is 0.901. The standard InChI is InChI=1S/C19H24N4O2/c1-3-25-16-9-7-15(8-10-16)22-18-13-17(20-14(2)21-18)19(24)23-11-5-4-6-12-23/h7-10,13H,3-6,11-12H2,1-2H3,(H,20,21,22). The Bertz CT molecular complexity index is 725. The molecule has 0 saturated carbocycles. The van der Waals surface area contributed by atoms with Crippen LogP contribution in [0.25, 0.3) is 0 Å². The zero-order valence-electron chi connectivity index (χ0n) is 14.8. The average molecular weight is 340 g/mol. The molecule has 1 amide bonds. The summed E-state index contributed by atoms with van der Waals surface area (Å²) < 4.78 is 5.44. The number of hydrogen-bond donors (Lipinski definition) is 1. The number of hydrogen-bond acceptors (Lipinski definition) is 5. The molecular formula is C19H24N4O2. The third kappa shape index (κ3) is 4.47. The Kier molecular flexibility index (Phi) is 5.48. The van der Waals surface area contributed by atoms with Gasteiger partial charge in [-0.05, 0) is 57.4 Å². The first-order chi connectivity index (χ1) is 12.2. The van der Waals surface area contributed by atoms with Gasteiger partial charge in [-0.25, -0.2) is 9.97 Å². The minimum Gasteiger partial charge on any atom is -0.494 e. The number of nitrogens with zero attached hydrogens (tertiary/aromatic N) is 3. The van der Waals surface area contributed by atoms with Gasteiger partial charge in [-0.2, -0.15) is 0 Å². The number of piperidine rings is 1. The van der Waals surface area contributed by atoms with Gasteiger partial charge in [0.1, 0.15) is 23.1 Å². The number of aryl methyl sites for hydroxylation is 1. The molecule has 1 N–H and O–H groups in total. The smallest absolute Gasteiger partial charge is 0.272 e. The van der Waals surface area contributed by atoms with Crippen molar-refractivity contribution in [1.82, 2.24) is 14.9 Å². The summed E-state index contributed by atoms with van der Waals surface area (Å²) in [5, 5.41) is 3.23. The van der Waals surface area contributed by atoms with Crippen LogP contribution in [0, 0.1) is 6.92 Å². The van der Waals surface area contributed by atoms with Crippen molar-refractivity contribution in [2.24, 2.45) is 0 Å². The summed E-state index contributed by atoms with van der Waals surface area (Å²) in [5.74, 6) is 2.01. The van der Waals surface area contributed by atoms with Crippen molar-refractivity contribution in [2.75, 3.05) is 25.0 Å². The molecule has 0 aliphatic carbocycles. The molecule has 2 aromatic rings. The Labute approximate surface area is 148 Å². The van der Waals surface area contributed by atoms with Crippen LogP contribution in [0.2, 0.25) is 0 Å². The van der Waals surface area contributed by atoms with Crippen LogP contribution in [0.3, 0.4) is 0 Å². The summed E-state index contributed by atoms with van der Waals surface area (Å²) in [6, 6.07) is 9.38. The van der Waals surface area contributed by atoms with E-state index in [1.54, 1.807) is 13.0 Å². The van der Waals surface area contributed by atoms with Gasteiger partial charge in [-0.1, -0.05) is 0 Å². The molecule has 1 saturated heterocycles. The van der Waals surface area contributed by atoms with E-state index in [9.17, 15) is 4.79 Å². The van der Waals surface area contributed by atoms with Gasteiger partial charge in [0.25, 0.3) is 5.91 Å². The molecule has 0 bridgehead atoms. The Morgan fingerprint density at radius 3 is 2.56 bits per heavy atom. The molecule has 25 heavy (non-hydrogen) atoms. The highest BCUT2D eigenvalue weighted by molar-refractivity contribution is 5.93. The van der Waals surface area contributed by atoms with E-state index < -0.39 is 0 Å². The number of anilines is 2. The lowest BCUT2D eigenvalue weighted by molar-refractivity contribution is 0.0718. The van der Waals surface area contributed by atoms with E-state index in [1.807, 2.05) is 36.1 Å². The molecule has 1 aromatic carbocycles. The molecule has 1 aliphatic heterocycles. The van der Waals surface area contributed by atoms with Crippen molar-refractivity contribution in [1.29, 1.82) is 0 Å². The maximum Gasteiger partial charge on any atom is 0.272 e. The fourth-order valence-corrected chi connectivity index (χ4v) is 2.95. The summed E-state index contributed by atoms with van der Waals surface area (Å²) >= 11 is 0. The number of benzene rings is 1. The summed E-state index contributed by atoms with van der Waals surface area (Å²) in [7, 11) is 0. The lowest BCUT2D eigenvalue weighted by Gasteiger charge is -2.26. The van der Waals surface area contributed by atoms with Crippen molar-refractivity contribution in [3.05, 3.63) is 41.9 Å². The maximum absolute atomic E-state index is 12.7. The van der Waals surface area contributed by atoms with Crippen LogP contribution in [-0.4, -0.2) is 40.5 Å². The first-order valence-corrected chi connectivity index (χ1v) is 8.80. The van der Waals surface area contributed by atoms with Gasteiger partial charge in [0.05, 0.1) is 6.61 Å². The molecule has 0 unspecified atom stereocenters. The van der Waals surface area contributed by atoms with Crippen LogP contribution in [0.1, 0.15) is 42.5 Å². The number of aromatic nitrogens is 2. The van der Waals surface area contributed by atoms with Crippen molar-refractivity contribution in [3.8, 4) is 5.75 Å². The van der Waals surface area contributed by atoms with E-state index in [2.05, 4.69) is 15.3 Å². The van der Waals surface area contributed by atoms with Gasteiger partial charge < -0.3 is 15.0 Å². The van der Waals surface area contributed by atoms with Crippen molar-refractivity contribution >= 4 is 17.4 Å². The Hall–Kier alpha value is -2.63. The highest BCUT2D eigenvalue weighted by atomic mass is 16.5. The Morgan fingerprint density at radius 2 is 1.88 bits per heavy atom. The highest BCUT2D eigenvalue weighted by Crippen LogP contribution is 2.20. The van der Waals surface area contributed by atoms with Gasteiger partial charge in [-0.15, -0.1) is 0 Å². The van der Waals surface area contributed by atoms with Crippen LogP contribution < -0.4 is 10.1 Å². The minimum absolute atomic E-state index is 0.0139. The SMILES string of the molecule is CCOc1ccc(Nc2cc(C(=O)N3CCCCC3)nc(C)n2)cc1. The fourth-order valence-electron chi connectivity index (χ4n) is 2.95. The molecule has 2 heterocycles.